The van der Waals surface area contributed by atoms with Crippen LogP contribution in [0.2, 0.25) is 0 Å². The van der Waals surface area contributed by atoms with E-state index in [1.165, 1.54) is 57.8 Å². The highest BCUT2D eigenvalue weighted by atomic mass is 32.9. The van der Waals surface area contributed by atoms with Crippen LogP contribution in [0, 0.1) is 0 Å². The molecule has 0 saturated carbocycles. The Bertz CT molecular complexity index is 215. The zero-order valence-electron chi connectivity index (χ0n) is 13.9. The lowest BCUT2D eigenvalue weighted by Crippen LogP contribution is -2.07. The minimum atomic E-state index is -0.713. The summed E-state index contributed by atoms with van der Waals surface area (Å²) in [6, 6.07) is 0. The van der Waals surface area contributed by atoms with Crippen LogP contribution in [0.4, 0.5) is 0 Å². The van der Waals surface area contributed by atoms with E-state index >= 15 is 0 Å². The SMILES string of the molecule is CCCCC[C@H](CC)O[P+](=S)S[C@@H](CC)CCCCC. The molecule has 0 aliphatic heterocycles. The van der Waals surface area contributed by atoms with Crippen molar-refractivity contribution < 1.29 is 4.52 Å². The molecule has 0 spiro atoms. The zero-order valence-corrected chi connectivity index (χ0v) is 16.4. The van der Waals surface area contributed by atoms with Crippen molar-refractivity contribution in [2.45, 2.75) is 103 Å². The highest BCUT2D eigenvalue weighted by molar-refractivity contribution is 8.63. The van der Waals surface area contributed by atoms with Crippen molar-refractivity contribution in [3.63, 3.8) is 0 Å². The lowest BCUT2D eigenvalue weighted by molar-refractivity contribution is 0.214. The molecular weight excluding hydrogens is 303 g/mol. The monoisotopic (exact) mass is 337 g/mol. The Balaban J connectivity index is 3.96. The maximum absolute atomic E-state index is 6.13. The summed E-state index contributed by atoms with van der Waals surface area (Å²) in [5.41, 5.74) is 0. The first-order valence-electron chi connectivity index (χ1n) is 8.48. The third-order valence-electron chi connectivity index (χ3n) is 3.64. The summed E-state index contributed by atoms with van der Waals surface area (Å²) < 4.78 is 6.13. The maximum atomic E-state index is 6.13. The second-order valence-electron chi connectivity index (χ2n) is 5.49. The van der Waals surface area contributed by atoms with Crippen molar-refractivity contribution in [3.8, 4) is 0 Å². The Morgan fingerprint density at radius 1 is 0.900 bits per heavy atom. The molecule has 0 radical (unpaired) electrons. The summed E-state index contributed by atoms with van der Waals surface area (Å²) in [5, 5.41) is 0.707. The van der Waals surface area contributed by atoms with E-state index in [1.807, 2.05) is 11.4 Å². The molecule has 4 heteroatoms. The van der Waals surface area contributed by atoms with Crippen molar-refractivity contribution >= 4 is 29.3 Å². The van der Waals surface area contributed by atoms with Crippen LogP contribution in [-0.4, -0.2) is 11.4 Å². The molecule has 0 aromatic carbocycles. The van der Waals surface area contributed by atoms with E-state index in [0.29, 0.717) is 11.4 Å². The first-order chi connectivity index (χ1) is 9.67. The standard InChI is InChI=1S/C16H34OPS2/c1-5-9-11-13-15(7-3)17-18(19)20-16(8-4)14-12-10-6-2/h15-16H,5-14H2,1-4H3/q+1/t15-,16-/m0/s1. The fraction of sp³-hybridized carbons (Fsp3) is 1.00. The van der Waals surface area contributed by atoms with Crippen molar-refractivity contribution in [1.29, 1.82) is 0 Å². The summed E-state index contributed by atoms with van der Waals surface area (Å²) in [6.07, 6.45) is 12.4. The summed E-state index contributed by atoms with van der Waals surface area (Å²) in [7, 11) is 0. The van der Waals surface area contributed by atoms with E-state index in [0.717, 1.165) is 6.42 Å². The first-order valence-corrected chi connectivity index (χ1v) is 12.2. The summed E-state index contributed by atoms with van der Waals surface area (Å²) in [5.74, 6) is 0. The molecule has 0 aliphatic carbocycles. The van der Waals surface area contributed by atoms with Gasteiger partial charge in [0.1, 0.15) is 17.5 Å². The molecule has 0 amide bonds. The van der Waals surface area contributed by atoms with E-state index in [2.05, 4.69) is 27.7 Å². The fourth-order valence-electron chi connectivity index (χ4n) is 2.18. The molecule has 20 heavy (non-hydrogen) atoms. The van der Waals surface area contributed by atoms with Gasteiger partial charge in [0.2, 0.25) is 11.8 Å². The van der Waals surface area contributed by atoms with Gasteiger partial charge in [0.15, 0.2) is 0 Å². The third-order valence-corrected chi connectivity index (χ3v) is 7.85. The van der Waals surface area contributed by atoms with Gasteiger partial charge in [-0.3, -0.25) is 0 Å². The molecule has 0 saturated heterocycles. The average molecular weight is 338 g/mol. The molecule has 0 N–H and O–H groups in total. The minimum Gasteiger partial charge on any atom is -0.155 e. The van der Waals surface area contributed by atoms with Gasteiger partial charge in [0, 0.05) is 0 Å². The van der Waals surface area contributed by atoms with Crippen LogP contribution in [0.5, 0.6) is 0 Å². The molecule has 1 nitrogen and oxygen atoms in total. The Hall–Kier alpha value is 0.830. The predicted molar refractivity (Wildman–Crippen MR) is 99.4 cm³/mol. The largest absolute Gasteiger partial charge is 0.414 e. The van der Waals surface area contributed by atoms with Crippen LogP contribution in [0.25, 0.3) is 0 Å². The molecule has 0 aliphatic rings. The van der Waals surface area contributed by atoms with Gasteiger partial charge in [-0.1, -0.05) is 66.2 Å². The third kappa shape index (κ3) is 11.5. The van der Waals surface area contributed by atoms with E-state index in [1.54, 1.807) is 0 Å². The summed E-state index contributed by atoms with van der Waals surface area (Å²) in [4.78, 5) is 0. The first kappa shape index (κ1) is 20.8. The van der Waals surface area contributed by atoms with Gasteiger partial charge in [-0.25, -0.2) is 0 Å². The Morgan fingerprint density at radius 3 is 2.00 bits per heavy atom. The van der Waals surface area contributed by atoms with Gasteiger partial charge in [0.25, 0.3) is 0 Å². The number of hydrogen-bond acceptors (Lipinski definition) is 3. The van der Waals surface area contributed by atoms with Crippen LogP contribution >= 0.6 is 17.5 Å². The molecule has 3 atom stereocenters. The predicted octanol–water partition coefficient (Wildman–Crippen LogP) is 7.23. The lowest BCUT2D eigenvalue weighted by Gasteiger charge is -2.11. The molecule has 0 aromatic rings. The van der Waals surface area contributed by atoms with Crippen LogP contribution < -0.4 is 0 Å². The maximum Gasteiger partial charge on any atom is 0.414 e. The summed E-state index contributed by atoms with van der Waals surface area (Å²) >= 11 is 7.52. The van der Waals surface area contributed by atoms with E-state index in [-0.39, 0.29) is 0 Å². The van der Waals surface area contributed by atoms with Crippen LogP contribution in [0.1, 0.15) is 91.9 Å². The normalized spacial score (nSPS) is 15.1. The number of rotatable bonds is 14. The second-order valence-corrected chi connectivity index (χ2v) is 10.3. The highest BCUT2D eigenvalue weighted by Gasteiger charge is 2.25. The fourth-order valence-corrected chi connectivity index (χ4v) is 6.86. The van der Waals surface area contributed by atoms with Gasteiger partial charge in [-0.05, 0) is 25.7 Å². The van der Waals surface area contributed by atoms with Gasteiger partial charge >= 0.3 is 6.13 Å². The molecule has 120 valence electrons. The minimum absolute atomic E-state index is 0.394. The van der Waals surface area contributed by atoms with Crippen LogP contribution in [-0.2, 0) is 16.3 Å². The van der Waals surface area contributed by atoms with Crippen molar-refractivity contribution in [2.24, 2.45) is 0 Å². The highest BCUT2D eigenvalue weighted by Crippen LogP contribution is 2.46. The zero-order chi connectivity index (χ0) is 15.2. The second kappa shape index (κ2) is 14.8. The number of unbranched alkanes of at least 4 members (excludes halogenated alkanes) is 4. The number of hydrogen-bond donors (Lipinski definition) is 0. The van der Waals surface area contributed by atoms with Crippen molar-refractivity contribution in [1.82, 2.24) is 0 Å². The smallest absolute Gasteiger partial charge is 0.155 e. The van der Waals surface area contributed by atoms with E-state index < -0.39 is 6.13 Å². The molecule has 0 aromatic heterocycles. The molecular formula is C16H34OPS2+. The van der Waals surface area contributed by atoms with Gasteiger partial charge in [0.05, 0.1) is 5.25 Å². The van der Waals surface area contributed by atoms with Gasteiger partial charge in [-0.2, -0.15) is 4.52 Å². The topological polar surface area (TPSA) is 9.23 Å². The quantitative estimate of drug-likeness (QED) is 0.244. The molecule has 0 bridgehead atoms. The van der Waals surface area contributed by atoms with Crippen LogP contribution in [0.15, 0.2) is 0 Å². The molecule has 0 fully saturated rings. The van der Waals surface area contributed by atoms with Crippen molar-refractivity contribution in [2.75, 3.05) is 0 Å². The molecule has 0 heterocycles. The Kier molecular flexibility index (Phi) is 15.4. The molecule has 0 rings (SSSR count). The van der Waals surface area contributed by atoms with Gasteiger partial charge in [-0.15, -0.1) is 0 Å². The lowest BCUT2D eigenvalue weighted by atomic mass is 10.1. The summed E-state index contributed by atoms with van der Waals surface area (Å²) in [6.45, 7) is 9.01. The van der Waals surface area contributed by atoms with E-state index in [9.17, 15) is 0 Å². The van der Waals surface area contributed by atoms with E-state index in [4.69, 9.17) is 16.3 Å². The Morgan fingerprint density at radius 2 is 1.50 bits per heavy atom. The van der Waals surface area contributed by atoms with Crippen LogP contribution in [0.3, 0.4) is 0 Å². The van der Waals surface area contributed by atoms with Gasteiger partial charge < -0.3 is 0 Å². The average Bonchev–Trinajstić information content (AvgIpc) is 2.45. The van der Waals surface area contributed by atoms with Crippen molar-refractivity contribution in [3.05, 3.63) is 0 Å². The molecule has 1 unspecified atom stereocenters. The Labute approximate surface area is 137 Å².